The molecule has 0 aliphatic rings. The van der Waals surface area contributed by atoms with Gasteiger partial charge in [-0.3, -0.25) is 0 Å². The molecule has 1 aromatic rings. The van der Waals surface area contributed by atoms with Gasteiger partial charge in [0.25, 0.3) is 0 Å². The van der Waals surface area contributed by atoms with Gasteiger partial charge in [-0.2, -0.15) is 0 Å². The minimum atomic E-state index is -0.500. The van der Waals surface area contributed by atoms with Crippen molar-refractivity contribution in [2.75, 3.05) is 0 Å². The fourth-order valence-electron chi connectivity index (χ4n) is 0.438. The van der Waals surface area contributed by atoms with Gasteiger partial charge in [-0.1, -0.05) is 18.2 Å². The number of benzene rings is 1. The van der Waals surface area contributed by atoms with Gasteiger partial charge >= 0.3 is 37.7 Å². The van der Waals surface area contributed by atoms with Crippen molar-refractivity contribution in [2.24, 2.45) is 0 Å². The molecule has 0 heterocycles. The van der Waals surface area contributed by atoms with Crippen LogP contribution in [-0.2, 0) is 12.6 Å². The maximum atomic E-state index is 8.25. The van der Waals surface area contributed by atoms with Crippen LogP contribution < -0.4 is 10.0 Å². The first-order valence-electron chi connectivity index (χ1n) is 2.63. The summed E-state index contributed by atoms with van der Waals surface area (Å²) in [6, 6.07) is 9.96. The Morgan fingerprint density at radius 1 is 1.08 bits per heavy atom. The standard InChI is InChI=1S/C6H6S.BO2.Ca.H2O/c7-6-4-2-1-3-5-6;2-1-3;;/h1-5,7H;;;1H2/q;-2;+2;. The molecular formula is C6H8BCaO3S. The third-order valence-electron chi connectivity index (χ3n) is 0.774. The summed E-state index contributed by atoms with van der Waals surface area (Å²) in [5, 5.41) is 16.5. The van der Waals surface area contributed by atoms with E-state index in [9.17, 15) is 0 Å². The molecular weight excluding hydrogens is 203 g/mol. The van der Waals surface area contributed by atoms with E-state index >= 15 is 0 Å². The number of hydrogen-bond acceptors (Lipinski definition) is 3. The van der Waals surface area contributed by atoms with E-state index in [0.29, 0.717) is 0 Å². The molecule has 0 unspecified atom stereocenters. The second-order valence-corrected chi connectivity index (χ2v) is 2.04. The predicted octanol–water partition coefficient (Wildman–Crippen LogP) is -2.26. The van der Waals surface area contributed by atoms with Gasteiger partial charge in [-0.15, -0.1) is 0 Å². The van der Waals surface area contributed by atoms with Crippen LogP contribution in [0.4, 0.5) is 0 Å². The zero-order valence-electron chi connectivity index (χ0n) is 6.43. The number of hydrogen-bond donors (Lipinski definition) is 0. The van der Waals surface area contributed by atoms with Crippen molar-refractivity contribution in [3.63, 3.8) is 0 Å². The fraction of sp³-hybridized carbons (Fsp3) is 0. The molecule has 1 aromatic carbocycles. The van der Waals surface area contributed by atoms with Crippen molar-refractivity contribution >= 4 is 58.1 Å². The van der Waals surface area contributed by atoms with Gasteiger partial charge in [0.05, 0.1) is 0 Å². The largest absolute Gasteiger partial charge is 2.00 e. The van der Waals surface area contributed by atoms with Crippen LogP contribution in [0.5, 0.6) is 0 Å². The van der Waals surface area contributed by atoms with Crippen LogP contribution in [0.1, 0.15) is 0 Å². The Kier molecular flexibility index (Phi) is 22.1. The first-order valence-corrected chi connectivity index (χ1v) is 3.13. The third-order valence-corrected chi connectivity index (χ3v) is 1.11. The topological polar surface area (TPSA) is 76.1 Å². The normalized spacial score (nSPS) is 6.25. The maximum Gasteiger partial charge on any atom is 2.00 e. The summed E-state index contributed by atoms with van der Waals surface area (Å²) in [5.74, 6) is 0. The van der Waals surface area contributed by atoms with E-state index in [2.05, 4.69) is 12.6 Å². The fourth-order valence-corrected chi connectivity index (χ4v) is 0.631. The van der Waals surface area contributed by atoms with Gasteiger partial charge in [0.1, 0.15) is 4.90 Å². The smallest absolute Gasteiger partial charge is 0.900 e. The molecule has 0 aliphatic heterocycles. The zero-order chi connectivity index (χ0) is 7.82. The third kappa shape index (κ3) is 13.4. The Morgan fingerprint density at radius 2 is 1.42 bits per heavy atom. The van der Waals surface area contributed by atoms with Crippen LogP contribution in [0.15, 0.2) is 35.2 Å². The van der Waals surface area contributed by atoms with Gasteiger partial charge in [0.15, 0.2) is 0 Å². The minimum absolute atomic E-state index is 0. The number of rotatable bonds is 0. The molecule has 1 rings (SSSR count). The summed E-state index contributed by atoms with van der Waals surface area (Å²) in [5.41, 5.74) is 0. The van der Waals surface area contributed by atoms with Crippen molar-refractivity contribution in [2.45, 2.75) is 4.90 Å². The van der Waals surface area contributed by atoms with Crippen molar-refractivity contribution in [1.82, 2.24) is 0 Å². The molecule has 1 N–H and O–H groups in total. The Labute approximate surface area is 108 Å². The van der Waals surface area contributed by atoms with Crippen LogP contribution in [0.3, 0.4) is 0 Å². The van der Waals surface area contributed by atoms with E-state index in [1.54, 1.807) is 0 Å². The quantitative estimate of drug-likeness (QED) is 0.359. The Hall–Kier alpha value is 0.775. The summed E-state index contributed by atoms with van der Waals surface area (Å²) in [4.78, 5) is 1.13. The SMILES string of the molecule is [Ca+2].[O-][B][O-].[OH-].[SH2+]c1ccccc1. The monoisotopic (exact) mass is 211 g/mol. The molecule has 0 spiro atoms. The van der Waals surface area contributed by atoms with Crippen molar-refractivity contribution < 1.29 is 15.5 Å². The maximum absolute atomic E-state index is 8.25. The molecule has 0 saturated carbocycles. The molecule has 0 fully saturated rings. The zero-order valence-corrected chi connectivity index (χ0v) is 9.64. The van der Waals surface area contributed by atoms with Gasteiger partial charge in [0.2, 0.25) is 0 Å². The van der Waals surface area contributed by atoms with E-state index in [0.717, 1.165) is 4.90 Å². The van der Waals surface area contributed by atoms with Crippen LogP contribution >= 0.6 is 0 Å². The predicted molar refractivity (Wildman–Crippen MR) is 48.3 cm³/mol. The molecule has 12 heavy (non-hydrogen) atoms. The van der Waals surface area contributed by atoms with Crippen LogP contribution in [0.2, 0.25) is 0 Å². The summed E-state index contributed by atoms with van der Waals surface area (Å²) in [7, 11) is -0.500. The second-order valence-electron chi connectivity index (χ2n) is 1.46. The molecule has 0 bridgehead atoms. The Balaban J connectivity index is -0.000000146. The van der Waals surface area contributed by atoms with Crippen LogP contribution in [0.25, 0.3) is 0 Å². The Bertz CT molecular complexity index is 164. The Morgan fingerprint density at radius 3 is 1.58 bits per heavy atom. The summed E-state index contributed by atoms with van der Waals surface area (Å²) in [6.45, 7) is 0. The molecule has 0 aliphatic carbocycles. The van der Waals surface area contributed by atoms with Gasteiger partial charge < -0.3 is 15.5 Å². The van der Waals surface area contributed by atoms with Crippen molar-refractivity contribution in [3.8, 4) is 0 Å². The molecule has 0 saturated heterocycles. The molecule has 6 heteroatoms. The van der Waals surface area contributed by atoms with Gasteiger partial charge in [0, 0.05) is 0 Å². The molecule has 61 valence electrons. The first kappa shape index (κ1) is 18.5. The van der Waals surface area contributed by atoms with Crippen LogP contribution in [0, 0.1) is 0 Å². The van der Waals surface area contributed by atoms with E-state index in [-0.39, 0.29) is 43.2 Å². The molecule has 0 atom stereocenters. The van der Waals surface area contributed by atoms with Gasteiger partial charge in [-0.25, -0.2) is 7.69 Å². The molecule has 0 amide bonds. The van der Waals surface area contributed by atoms with Crippen LogP contribution in [-0.4, -0.2) is 50.9 Å². The van der Waals surface area contributed by atoms with Crippen molar-refractivity contribution in [3.05, 3.63) is 30.3 Å². The van der Waals surface area contributed by atoms with E-state index in [4.69, 9.17) is 10.0 Å². The summed E-state index contributed by atoms with van der Waals surface area (Å²) < 4.78 is 0. The second kappa shape index (κ2) is 14.3. The van der Waals surface area contributed by atoms with E-state index in [1.165, 1.54) is 0 Å². The van der Waals surface area contributed by atoms with Crippen molar-refractivity contribution in [1.29, 1.82) is 0 Å². The molecule has 0 aromatic heterocycles. The first-order chi connectivity index (χ1) is 4.81. The summed E-state index contributed by atoms with van der Waals surface area (Å²) in [6.07, 6.45) is 0. The van der Waals surface area contributed by atoms with E-state index < -0.39 is 7.69 Å². The average molecular weight is 211 g/mol. The van der Waals surface area contributed by atoms with Gasteiger partial charge in [-0.05, 0) is 24.8 Å². The average Bonchev–Trinajstić information content (AvgIpc) is 1.91. The molecule has 1 radical (unpaired) electrons. The van der Waals surface area contributed by atoms with E-state index in [1.807, 2.05) is 30.3 Å². The summed E-state index contributed by atoms with van der Waals surface area (Å²) >= 11 is 3.36. The minimum Gasteiger partial charge on any atom is -0.900 e. The molecule has 3 nitrogen and oxygen atoms in total.